The molecular formula is C13H14ClFN4O. The first-order chi connectivity index (χ1) is 9.45. The highest BCUT2D eigenvalue weighted by Crippen LogP contribution is 2.16. The van der Waals surface area contributed by atoms with Crippen LogP contribution in [-0.4, -0.2) is 15.7 Å². The van der Waals surface area contributed by atoms with Crippen LogP contribution in [-0.2, 0) is 17.9 Å². The van der Waals surface area contributed by atoms with Gasteiger partial charge in [0.2, 0.25) is 5.91 Å². The second-order valence-electron chi connectivity index (χ2n) is 4.38. The molecule has 0 radical (unpaired) electrons. The normalized spacial score (nSPS) is 10.6. The van der Waals surface area contributed by atoms with Crippen molar-refractivity contribution in [1.82, 2.24) is 15.1 Å². The number of nitrogens with zero attached hydrogens (tertiary/aromatic N) is 2. The van der Waals surface area contributed by atoms with E-state index in [4.69, 9.17) is 17.3 Å². The lowest BCUT2D eigenvalue weighted by Crippen LogP contribution is -2.28. The van der Waals surface area contributed by atoms with Gasteiger partial charge in [0.25, 0.3) is 0 Å². The Balaban J connectivity index is 1.94. The summed E-state index contributed by atoms with van der Waals surface area (Å²) in [5, 5.41) is 7.05. The van der Waals surface area contributed by atoms with Crippen molar-refractivity contribution in [2.24, 2.45) is 0 Å². The third-order valence-corrected chi connectivity index (χ3v) is 3.07. The first-order valence-electron chi connectivity index (χ1n) is 5.96. The van der Waals surface area contributed by atoms with E-state index in [-0.39, 0.29) is 24.0 Å². The number of halogens is 2. The molecule has 0 aliphatic rings. The molecule has 0 fully saturated rings. The first-order valence-corrected chi connectivity index (χ1v) is 6.34. The van der Waals surface area contributed by atoms with E-state index in [0.717, 1.165) is 5.69 Å². The molecule has 5 nitrogen and oxygen atoms in total. The fraction of sp³-hybridized carbons (Fsp3) is 0.231. The van der Waals surface area contributed by atoms with E-state index in [1.54, 1.807) is 13.0 Å². The van der Waals surface area contributed by atoms with E-state index < -0.39 is 5.82 Å². The van der Waals surface area contributed by atoms with E-state index in [2.05, 4.69) is 10.4 Å². The molecule has 2 aromatic rings. The van der Waals surface area contributed by atoms with Crippen molar-refractivity contribution in [2.75, 3.05) is 5.73 Å². The molecule has 3 N–H and O–H groups in total. The first kappa shape index (κ1) is 14.3. The molecule has 20 heavy (non-hydrogen) atoms. The Hall–Kier alpha value is -2.08. The smallest absolute Gasteiger partial charge is 0.242 e. The van der Waals surface area contributed by atoms with Gasteiger partial charge in [-0.05, 0) is 24.6 Å². The van der Waals surface area contributed by atoms with Gasteiger partial charge in [0.1, 0.15) is 18.2 Å². The van der Waals surface area contributed by atoms with Crippen LogP contribution in [0.2, 0.25) is 5.02 Å². The molecule has 2 rings (SSSR count). The summed E-state index contributed by atoms with van der Waals surface area (Å²) >= 11 is 5.87. The van der Waals surface area contributed by atoms with Gasteiger partial charge in [-0.25, -0.2) is 9.07 Å². The zero-order chi connectivity index (χ0) is 14.7. The summed E-state index contributed by atoms with van der Waals surface area (Å²) in [6.07, 6.45) is 0. The SMILES string of the molecule is Cc1cc(N)n(CC(=O)NCc2ccc(F)cc2Cl)n1. The quantitative estimate of drug-likeness (QED) is 0.905. The van der Waals surface area contributed by atoms with Gasteiger partial charge in [0, 0.05) is 17.6 Å². The molecule has 0 spiro atoms. The molecule has 0 saturated heterocycles. The van der Waals surface area contributed by atoms with Crippen LogP contribution in [0.4, 0.5) is 10.2 Å². The summed E-state index contributed by atoms with van der Waals surface area (Å²) in [7, 11) is 0. The van der Waals surface area contributed by atoms with Crippen molar-refractivity contribution >= 4 is 23.3 Å². The van der Waals surface area contributed by atoms with E-state index >= 15 is 0 Å². The fourth-order valence-corrected chi connectivity index (χ4v) is 1.98. The van der Waals surface area contributed by atoms with Gasteiger partial charge in [-0.2, -0.15) is 5.10 Å². The standard InChI is InChI=1S/C13H14ClFN4O/c1-8-4-12(16)19(18-8)7-13(20)17-6-9-2-3-10(15)5-11(9)14/h2-5H,6-7,16H2,1H3,(H,17,20). The number of aromatic nitrogens is 2. The van der Waals surface area contributed by atoms with Crippen LogP contribution < -0.4 is 11.1 Å². The van der Waals surface area contributed by atoms with E-state index in [1.165, 1.54) is 22.9 Å². The molecule has 1 aromatic heterocycles. The molecule has 0 atom stereocenters. The van der Waals surface area contributed by atoms with Crippen molar-refractivity contribution in [1.29, 1.82) is 0 Å². The average Bonchev–Trinajstić information content (AvgIpc) is 2.66. The minimum Gasteiger partial charge on any atom is -0.384 e. The number of hydrogen-bond donors (Lipinski definition) is 2. The minimum atomic E-state index is -0.412. The fourth-order valence-electron chi connectivity index (χ4n) is 1.74. The molecule has 7 heteroatoms. The van der Waals surface area contributed by atoms with E-state index in [9.17, 15) is 9.18 Å². The van der Waals surface area contributed by atoms with Crippen LogP contribution in [0.15, 0.2) is 24.3 Å². The third kappa shape index (κ3) is 3.48. The van der Waals surface area contributed by atoms with Gasteiger partial charge >= 0.3 is 0 Å². The van der Waals surface area contributed by atoms with E-state index in [0.29, 0.717) is 11.4 Å². The number of carbonyl (C=O) groups excluding carboxylic acids is 1. The molecular weight excluding hydrogens is 283 g/mol. The number of nitrogens with two attached hydrogens (primary N) is 1. The number of nitrogen functional groups attached to an aromatic ring is 1. The molecule has 0 aliphatic carbocycles. The lowest BCUT2D eigenvalue weighted by molar-refractivity contribution is -0.122. The molecule has 106 valence electrons. The zero-order valence-corrected chi connectivity index (χ0v) is 11.6. The van der Waals surface area contributed by atoms with Crippen LogP contribution in [0.3, 0.4) is 0 Å². The number of anilines is 1. The van der Waals surface area contributed by atoms with Crippen LogP contribution in [0.25, 0.3) is 0 Å². The highest BCUT2D eigenvalue weighted by molar-refractivity contribution is 6.31. The Kier molecular flexibility index (Phi) is 4.24. The Labute approximate surface area is 120 Å². The lowest BCUT2D eigenvalue weighted by Gasteiger charge is -2.08. The molecule has 1 aromatic carbocycles. The van der Waals surface area contributed by atoms with Crippen LogP contribution >= 0.6 is 11.6 Å². The molecule has 1 heterocycles. The lowest BCUT2D eigenvalue weighted by atomic mass is 10.2. The summed E-state index contributed by atoms with van der Waals surface area (Å²) in [5.41, 5.74) is 7.09. The van der Waals surface area contributed by atoms with E-state index in [1.807, 2.05) is 0 Å². The predicted molar refractivity (Wildman–Crippen MR) is 74.6 cm³/mol. The van der Waals surface area contributed by atoms with Gasteiger partial charge in [0.15, 0.2) is 0 Å². The monoisotopic (exact) mass is 296 g/mol. The topological polar surface area (TPSA) is 72.9 Å². The van der Waals surface area contributed by atoms with Crippen molar-refractivity contribution in [3.8, 4) is 0 Å². The summed E-state index contributed by atoms with van der Waals surface area (Å²) < 4.78 is 14.3. The maximum absolute atomic E-state index is 12.9. The molecule has 0 bridgehead atoms. The molecule has 0 aliphatic heterocycles. The number of rotatable bonds is 4. The van der Waals surface area contributed by atoms with Crippen molar-refractivity contribution in [3.63, 3.8) is 0 Å². The summed E-state index contributed by atoms with van der Waals surface area (Å²) in [6.45, 7) is 2.04. The number of carbonyl (C=O) groups is 1. The Morgan fingerprint density at radius 3 is 2.85 bits per heavy atom. The Morgan fingerprint density at radius 1 is 1.50 bits per heavy atom. The van der Waals surface area contributed by atoms with Crippen molar-refractivity contribution in [3.05, 3.63) is 46.4 Å². The average molecular weight is 297 g/mol. The highest BCUT2D eigenvalue weighted by Gasteiger charge is 2.08. The Morgan fingerprint density at radius 2 is 2.25 bits per heavy atom. The number of aryl methyl sites for hydroxylation is 1. The van der Waals surface area contributed by atoms with Gasteiger partial charge in [-0.1, -0.05) is 17.7 Å². The summed E-state index contributed by atoms with van der Waals surface area (Å²) in [4.78, 5) is 11.8. The van der Waals surface area contributed by atoms with Crippen LogP contribution in [0.1, 0.15) is 11.3 Å². The van der Waals surface area contributed by atoms with Crippen LogP contribution in [0.5, 0.6) is 0 Å². The van der Waals surface area contributed by atoms with Crippen LogP contribution in [0, 0.1) is 12.7 Å². The van der Waals surface area contributed by atoms with Crippen molar-refractivity contribution < 1.29 is 9.18 Å². The van der Waals surface area contributed by atoms with Crippen molar-refractivity contribution in [2.45, 2.75) is 20.0 Å². The van der Waals surface area contributed by atoms with Gasteiger partial charge in [-0.3, -0.25) is 4.79 Å². The molecule has 0 saturated carbocycles. The van der Waals surface area contributed by atoms with Gasteiger partial charge < -0.3 is 11.1 Å². The number of hydrogen-bond acceptors (Lipinski definition) is 3. The third-order valence-electron chi connectivity index (χ3n) is 2.72. The van der Waals surface area contributed by atoms with Gasteiger partial charge in [-0.15, -0.1) is 0 Å². The second-order valence-corrected chi connectivity index (χ2v) is 4.79. The zero-order valence-electron chi connectivity index (χ0n) is 10.9. The summed E-state index contributed by atoms with van der Waals surface area (Å²) in [5.74, 6) is -0.234. The second kappa shape index (κ2) is 5.92. The summed E-state index contributed by atoms with van der Waals surface area (Å²) in [6, 6.07) is 5.72. The number of amides is 1. The number of benzene rings is 1. The predicted octanol–water partition coefficient (Wildman–Crippen LogP) is 1.88. The molecule has 0 unspecified atom stereocenters. The largest absolute Gasteiger partial charge is 0.384 e. The number of nitrogens with one attached hydrogen (secondary N) is 1. The highest BCUT2D eigenvalue weighted by atomic mass is 35.5. The maximum Gasteiger partial charge on any atom is 0.242 e. The Bertz CT molecular complexity index is 641. The van der Waals surface area contributed by atoms with Gasteiger partial charge in [0.05, 0.1) is 5.69 Å². The molecule has 1 amide bonds. The maximum atomic E-state index is 12.9. The minimum absolute atomic E-state index is 0.0263.